The van der Waals surface area contributed by atoms with E-state index in [4.69, 9.17) is 0 Å². The molecule has 0 aliphatic carbocycles. The van der Waals surface area contributed by atoms with Gasteiger partial charge in [0.2, 0.25) is 0 Å². The topological polar surface area (TPSA) is 40.5 Å². The second-order valence-corrected chi connectivity index (χ2v) is 5.65. The van der Waals surface area contributed by atoms with Crippen LogP contribution in [0.15, 0.2) is 29.2 Å². The molecule has 2 rings (SSSR count). The Hall–Kier alpha value is -0.510. The fourth-order valence-corrected chi connectivity index (χ4v) is 3.27. The molecule has 0 aromatic heterocycles. The quantitative estimate of drug-likeness (QED) is 0.651. The largest absolute Gasteiger partial charge is 0.295 e. The first-order chi connectivity index (χ1) is 5.62. The molecule has 0 bridgehead atoms. The van der Waals surface area contributed by atoms with Gasteiger partial charge in [0.25, 0.3) is 0 Å². The van der Waals surface area contributed by atoms with Crippen molar-refractivity contribution in [2.75, 3.05) is 0 Å². The zero-order valence-corrected chi connectivity index (χ0v) is 7.71. The molecule has 1 unspecified atom stereocenters. The summed E-state index contributed by atoms with van der Waals surface area (Å²) in [5.74, 6) is 0. The summed E-state index contributed by atoms with van der Waals surface area (Å²) in [5.41, 5.74) is 1.09. The summed E-state index contributed by atoms with van der Waals surface area (Å²) in [5, 5.41) is -0.0186. The summed E-state index contributed by atoms with van der Waals surface area (Å²) in [6.07, 6.45) is 0.790. The van der Waals surface area contributed by atoms with Crippen LogP contribution in [0.4, 0.5) is 0 Å². The second-order valence-electron chi connectivity index (χ2n) is 3.22. The van der Waals surface area contributed by atoms with E-state index in [-0.39, 0.29) is 5.25 Å². The van der Waals surface area contributed by atoms with Crippen LogP contribution in [0.2, 0.25) is 0 Å². The average molecular weight is 184 g/mol. The van der Waals surface area contributed by atoms with Gasteiger partial charge < -0.3 is 0 Å². The predicted octanol–water partition coefficient (Wildman–Crippen LogP) is 2.74. The molecule has 1 atom stereocenters. The number of benzene rings is 1. The second kappa shape index (κ2) is 2.49. The van der Waals surface area contributed by atoms with Crippen molar-refractivity contribution < 1.29 is 9.11 Å². The highest BCUT2D eigenvalue weighted by Gasteiger charge is 2.33. The first-order valence-corrected chi connectivity index (χ1v) is 5.58. The van der Waals surface area contributed by atoms with Crippen LogP contribution in [-0.2, 0) is 6.42 Å². The Balaban J connectivity index is 2.55. The number of hydrogen-bond acceptors (Lipinski definition) is 2. The van der Waals surface area contributed by atoms with E-state index in [1.54, 1.807) is 0 Å². The molecule has 0 saturated carbocycles. The molecule has 2 nitrogen and oxygen atoms in total. The van der Waals surface area contributed by atoms with E-state index in [0.29, 0.717) is 0 Å². The van der Waals surface area contributed by atoms with Crippen LogP contribution in [-0.4, -0.2) is 14.4 Å². The lowest BCUT2D eigenvalue weighted by Crippen LogP contribution is -2.08. The molecule has 0 amide bonds. The van der Waals surface area contributed by atoms with Crippen LogP contribution in [0.5, 0.6) is 0 Å². The minimum absolute atomic E-state index is 0.0186. The standard InChI is InChI=1S/C9H12O2S/c1-7-6-8-4-2-3-5-9(8)12(7,10)11/h2-5,7,10-11H,6H2,1H3. The van der Waals surface area contributed by atoms with E-state index in [9.17, 15) is 9.11 Å². The Morgan fingerprint density at radius 3 is 2.67 bits per heavy atom. The minimum atomic E-state index is -2.48. The molecule has 0 fully saturated rings. The third-order valence-corrected chi connectivity index (χ3v) is 4.70. The normalized spacial score (nSPS) is 28.1. The van der Waals surface area contributed by atoms with Gasteiger partial charge in [0.05, 0.1) is 10.1 Å². The van der Waals surface area contributed by atoms with Gasteiger partial charge in [-0.05, 0) is 25.0 Å². The Bertz CT molecular complexity index is 309. The van der Waals surface area contributed by atoms with Gasteiger partial charge in [-0.2, -0.15) is 10.6 Å². The van der Waals surface area contributed by atoms with Gasteiger partial charge in [-0.15, -0.1) is 0 Å². The summed E-state index contributed by atoms with van der Waals surface area (Å²) >= 11 is 0. The van der Waals surface area contributed by atoms with Crippen molar-refractivity contribution in [3.8, 4) is 0 Å². The van der Waals surface area contributed by atoms with Gasteiger partial charge in [-0.25, -0.2) is 0 Å². The zero-order chi connectivity index (χ0) is 8.77. The van der Waals surface area contributed by atoms with Crippen LogP contribution in [0.25, 0.3) is 0 Å². The molecule has 0 saturated heterocycles. The van der Waals surface area contributed by atoms with Crippen LogP contribution < -0.4 is 0 Å². The number of hydrogen-bond donors (Lipinski definition) is 2. The molecule has 66 valence electrons. The lowest BCUT2D eigenvalue weighted by Gasteiger charge is -2.32. The van der Waals surface area contributed by atoms with Crippen LogP contribution >= 0.6 is 10.6 Å². The highest BCUT2D eigenvalue weighted by atomic mass is 32.3. The Kier molecular flexibility index (Phi) is 1.68. The van der Waals surface area contributed by atoms with Crippen LogP contribution in [0, 0.1) is 0 Å². The van der Waals surface area contributed by atoms with E-state index < -0.39 is 10.6 Å². The van der Waals surface area contributed by atoms with Crippen LogP contribution in [0.3, 0.4) is 0 Å². The smallest absolute Gasteiger partial charge is 0.0619 e. The SMILES string of the molecule is CC1Cc2ccccc2S1(O)O. The van der Waals surface area contributed by atoms with Crippen LogP contribution in [0.1, 0.15) is 12.5 Å². The zero-order valence-electron chi connectivity index (χ0n) is 6.90. The molecule has 12 heavy (non-hydrogen) atoms. The summed E-state index contributed by atoms with van der Waals surface area (Å²) in [6.45, 7) is 1.88. The molecule has 0 radical (unpaired) electrons. The fourth-order valence-electron chi connectivity index (χ4n) is 1.61. The Morgan fingerprint density at radius 2 is 2.00 bits per heavy atom. The van der Waals surface area contributed by atoms with Crippen molar-refractivity contribution in [1.29, 1.82) is 0 Å². The first kappa shape index (κ1) is 8.10. The van der Waals surface area contributed by atoms with E-state index in [0.717, 1.165) is 16.9 Å². The van der Waals surface area contributed by atoms with Gasteiger partial charge in [-0.1, -0.05) is 18.2 Å². The molecule has 3 heteroatoms. The molecule has 2 N–H and O–H groups in total. The van der Waals surface area contributed by atoms with Gasteiger partial charge in [0.15, 0.2) is 0 Å². The molecule has 1 aromatic carbocycles. The maximum atomic E-state index is 9.75. The van der Waals surface area contributed by atoms with E-state index in [1.807, 2.05) is 31.2 Å². The van der Waals surface area contributed by atoms with Gasteiger partial charge in [0, 0.05) is 0 Å². The molecule has 1 aliphatic heterocycles. The van der Waals surface area contributed by atoms with E-state index >= 15 is 0 Å². The summed E-state index contributed by atoms with van der Waals surface area (Å²) in [6, 6.07) is 7.57. The monoisotopic (exact) mass is 184 g/mol. The molecule has 1 aliphatic rings. The lowest BCUT2D eigenvalue weighted by molar-refractivity contribution is 0.480. The van der Waals surface area contributed by atoms with Gasteiger partial charge in [0.1, 0.15) is 0 Å². The summed E-state index contributed by atoms with van der Waals surface area (Å²) in [7, 11) is -2.48. The average Bonchev–Trinajstić information content (AvgIpc) is 2.25. The summed E-state index contributed by atoms with van der Waals surface area (Å²) in [4.78, 5) is 0.748. The highest BCUT2D eigenvalue weighted by molar-refractivity contribution is 8.25. The van der Waals surface area contributed by atoms with Gasteiger partial charge in [-0.3, -0.25) is 9.11 Å². The number of rotatable bonds is 0. The minimum Gasteiger partial charge on any atom is -0.295 e. The first-order valence-electron chi connectivity index (χ1n) is 3.97. The molecular formula is C9H12O2S. The van der Waals surface area contributed by atoms with E-state index in [1.165, 1.54) is 0 Å². The van der Waals surface area contributed by atoms with Crippen molar-refractivity contribution in [3.63, 3.8) is 0 Å². The number of fused-ring (bicyclic) bond motifs is 1. The third-order valence-electron chi connectivity index (χ3n) is 2.36. The molecular weight excluding hydrogens is 172 g/mol. The van der Waals surface area contributed by atoms with E-state index in [2.05, 4.69) is 0 Å². The fraction of sp³-hybridized carbons (Fsp3) is 0.333. The van der Waals surface area contributed by atoms with Crippen molar-refractivity contribution in [2.45, 2.75) is 23.5 Å². The van der Waals surface area contributed by atoms with Crippen molar-refractivity contribution in [1.82, 2.24) is 0 Å². The Labute approximate surface area is 73.6 Å². The maximum Gasteiger partial charge on any atom is 0.0619 e. The summed E-state index contributed by atoms with van der Waals surface area (Å²) < 4.78 is 19.5. The third kappa shape index (κ3) is 0.975. The molecule has 1 heterocycles. The van der Waals surface area contributed by atoms with Crippen molar-refractivity contribution in [3.05, 3.63) is 29.8 Å². The lowest BCUT2D eigenvalue weighted by atomic mass is 10.1. The predicted molar refractivity (Wildman–Crippen MR) is 50.7 cm³/mol. The van der Waals surface area contributed by atoms with Crippen molar-refractivity contribution >= 4 is 10.6 Å². The maximum absolute atomic E-state index is 9.75. The molecule has 0 spiro atoms. The van der Waals surface area contributed by atoms with Gasteiger partial charge >= 0.3 is 0 Å². The molecule has 1 aromatic rings. The van der Waals surface area contributed by atoms with Crippen molar-refractivity contribution in [2.24, 2.45) is 0 Å². The Morgan fingerprint density at radius 1 is 1.33 bits per heavy atom. The highest BCUT2D eigenvalue weighted by Crippen LogP contribution is 2.59.